The quantitative estimate of drug-likeness (QED) is 0.641. The first-order valence-electron chi connectivity index (χ1n) is 11.1. The van der Waals surface area contributed by atoms with Gasteiger partial charge in [0.25, 0.3) is 0 Å². The van der Waals surface area contributed by atoms with Crippen LogP contribution < -0.4 is 4.31 Å². The molecule has 0 saturated carbocycles. The number of aryl methyl sites for hydroxylation is 2. The highest BCUT2D eigenvalue weighted by Crippen LogP contribution is 2.28. The molecule has 0 radical (unpaired) electrons. The highest BCUT2D eigenvalue weighted by atomic mass is 32.2. The van der Waals surface area contributed by atoms with Crippen molar-refractivity contribution in [3.8, 4) is 0 Å². The Morgan fingerprint density at radius 3 is 2.16 bits per heavy atom. The van der Waals surface area contributed by atoms with Crippen molar-refractivity contribution in [3.63, 3.8) is 0 Å². The fraction of sp³-hybridized carbons (Fsp3) is 0.480. The number of rotatable bonds is 7. The van der Waals surface area contributed by atoms with Gasteiger partial charge in [-0.25, -0.2) is 8.42 Å². The fourth-order valence-corrected chi connectivity index (χ4v) is 5.83. The first-order valence-corrected chi connectivity index (χ1v) is 12.9. The Balaban J connectivity index is 1.75. The molecule has 168 valence electrons. The van der Waals surface area contributed by atoms with Crippen LogP contribution in [-0.4, -0.2) is 44.6 Å². The summed E-state index contributed by atoms with van der Waals surface area (Å²) in [5, 5.41) is 0. The molecule has 0 bridgehead atoms. The van der Waals surface area contributed by atoms with Crippen LogP contribution in [0.2, 0.25) is 0 Å². The zero-order chi connectivity index (χ0) is 22.6. The van der Waals surface area contributed by atoms with Gasteiger partial charge < -0.3 is 4.90 Å². The Labute approximate surface area is 187 Å². The van der Waals surface area contributed by atoms with Crippen molar-refractivity contribution >= 4 is 21.6 Å². The van der Waals surface area contributed by atoms with Crippen LogP contribution in [0.15, 0.2) is 48.5 Å². The second-order valence-electron chi connectivity index (χ2n) is 8.79. The molecule has 3 rings (SSSR count). The van der Waals surface area contributed by atoms with Gasteiger partial charge in [0.1, 0.15) is 6.04 Å². The van der Waals surface area contributed by atoms with E-state index in [1.54, 1.807) is 0 Å². The van der Waals surface area contributed by atoms with Gasteiger partial charge in [0.2, 0.25) is 15.9 Å². The first-order chi connectivity index (χ1) is 14.7. The van der Waals surface area contributed by atoms with Crippen LogP contribution in [0.3, 0.4) is 0 Å². The number of hydrogen-bond acceptors (Lipinski definition) is 3. The number of benzene rings is 2. The second kappa shape index (κ2) is 9.86. The molecule has 1 heterocycles. The molecule has 1 aliphatic heterocycles. The average Bonchev–Trinajstić information content (AvgIpc) is 2.71. The van der Waals surface area contributed by atoms with Crippen molar-refractivity contribution in [1.82, 2.24) is 4.90 Å². The number of amides is 1. The lowest BCUT2D eigenvalue weighted by Gasteiger charge is -2.37. The Morgan fingerprint density at radius 2 is 1.65 bits per heavy atom. The molecule has 2 aromatic carbocycles. The largest absolute Gasteiger partial charge is 0.341 e. The number of piperidine rings is 1. The minimum atomic E-state index is -3.61. The minimum absolute atomic E-state index is 0.0924. The van der Waals surface area contributed by atoms with Crippen LogP contribution in [0.4, 0.5) is 5.69 Å². The van der Waals surface area contributed by atoms with Gasteiger partial charge in [0.15, 0.2) is 0 Å². The summed E-state index contributed by atoms with van der Waals surface area (Å²) >= 11 is 0. The second-order valence-corrected chi connectivity index (χ2v) is 10.6. The molecule has 5 nitrogen and oxygen atoms in total. The molecule has 1 aliphatic rings. The Kier molecular flexibility index (Phi) is 7.42. The molecule has 6 heteroatoms. The van der Waals surface area contributed by atoms with Crippen molar-refractivity contribution in [2.24, 2.45) is 5.92 Å². The number of sulfonamides is 1. The van der Waals surface area contributed by atoms with Crippen molar-refractivity contribution in [1.29, 1.82) is 0 Å². The summed E-state index contributed by atoms with van der Waals surface area (Å²) in [6.45, 7) is 7.12. The summed E-state index contributed by atoms with van der Waals surface area (Å²) < 4.78 is 26.8. The molecule has 0 unspecified atom stereocenters. The van der Waals surface area contributed by atoms with Crippen LogP contribution in [0.1, 0.15) is 42.9 Å². The number of carbonyl (C=O) groups excluding carboxylic acids is 1. The summed E-state index contributed by atoms with van der Waals surface area (Å²) in [5.41, 5.74) is 3.86. The highest BCUT2D eigenvalue weighted by Gasteiger charge is 2.35. The molecule has 1 atom stereocenters. The molecule has 0 aliphatic carbocycles. The van der Waals surface area contributed by atoms with Gasteiger partial charge in [-0.3, -0.25) is 9.10 Å². The lowest BCUT2D eigenvalue weighted by molar-refractivity contribution is -0.133. The zero-order valence-electron chi connectivity index (χ0n) is 19.0. The smallest absolute Gasteiger partial charge is 0.246 e. The highest BCUT2D eigenvalue weighted by molar-refractivity contribution is 7.92. The van der Waals surface area contributed by atoms with Gasteiger partial charge in [-0.15, -0.1) is 0 Å². The maximum Gasteiger partial charge on any atom is 0.246 e. The molecular weight excluding hydrogens is 408 g/mol. The number of likely N-dealkylation sites (tertiary alicyclic amines) is 1. The van der Waals surface area contributed by atoms with Gasteiger partial charge in [-0.1, -0.05) is 43.3 Å². The van der Waals surface area contributed by atoms with Gasteiger partial charge in [-0.2, -0.15) is 0 Å². The molecule has 0 aromatic heterocycles. The maximum atomic E-state index is 13.4. The normalized spacial score (nSPS) is 16.2. The average molecular weight is 443 g/mol. The lowest BCUT2D eigenvalue weighted by atomic mass is 9.90. The summed E-state index contributed by atoms with van der Waals surface area (Å²) in [5.74, 6) is 0.460. The van der Waals surface area contributed by atoms with E-state index >= 15 is 0 Å². The van der Waals surface area contributed by atoms with Crippen molar-refractivity contribution < 1.29 is 13.2 Å². The molecule has 1 fully saturated rings. The monoisotopic (exact) mass is 442 g/mol. The van der Waals surface area contributed by atoms with Crippen LogP contribution in [0.5, 0.6) is 0 Å². The predicted molar refractivity (Wildman–Crippen MR) is 127 cm³/mol. The summed E-state index contributed by atoms with van der Waals surface area (Å²) in [6, 6.07) is 15.4. The van der Waals surface area contributed by atoms with Crippen molar-refractivity contribution in [3.05, 3.63) is 65.2 Å². The standard InChI is InChI=1S/C25H34N2O3S/c1-5-24(27(31(4,29)30)23-16-19(2)15-20(3)17-23)25(28)26-13-11-22(12-14-26)18-21-9-7-6-8-10-21/h6-10,15-17,22,24H,5,11-14,18H2,1-4H3/t24-/m0/s1. The van der Waals surface area contributed by atoms with E-state index in [1.165, 1.54) is 16.1 Å². The topological polar surface area (TPSA) is 57.7 Å². The zero-order valence-corrected chi connectivity index (χ0v) is 19.9. The van der Waals surface area contributed by atoms with Crippen LogP contribution in [0.25, 0.3) is 0 Å². The Hall–Kier alpha value is -2.34. The molecule has 0 spiro atoms. The number of anilines is 1. The van der Waals surface area contributed by atoms with Crippen LogP contribution in [0, 0.1) is 19.8 Å². The Morgan fingerprint density at radius 1 is 1.06 bits per heavy atom. The van der Waals surface area contributed by atoms with Gasteiger partial charge in [0.05, 0.1) is 11.9 Å². The van der Waals surface area contributed by atoms with E-state index in [2.05, 4.69) is 24.3 Å². The maximum absolute atomic E-state index is 13.4. The molecule has 31 heavy (non-hydrogen) atoms. The van der Waals surface area contributed by atoms with Crippen molar-refractivity contribution in [2.75, 3.05) is 23.7 Å². The molecular formula is C25H34N2O3S. The third-order valence-electron chi connectivity index (χ3n) is 6.07. The predicted octanol–water partition coefficient (Wildman–Crippen LogP) is 4.33. The third kappa shape index (κ3) is 5.88. The minimum Gasteiger partial charge on any atom is -0.341 e. The van der Waals surface area contributed by atoms with E-state index in [-0.39, 0.29) is 5.91 Å². The van der Waals surface area contributed by atoms with E-state index in [9.17, 15) is 13.2 Å². The molecule has 0 N–H and O–H groups in total. The number of nitrogens with zero attached hydrogens (tertiary/aromatic N) is 2. The van der Waals surface area contributed by atoms with E-state index < -0.39 is 16.1 Å². The summed E-state index contributed by atoms with van der Waals surface area (Å²) in [6.07, 6.45) is 4.53. The third-order valence-corrected chi connectivity index (χ3v) is 7.25. The molecule has 1 amide bonds. The SMILES string of the molecule is CC[C@@H](C(=O)N1CCC(Cc2ccccc2)CC1)N(c1cc(C)cc(C)c1)S(C)(=O)=O. The summed E-state index contributed by atoms with van der Waals surface area (Å²) in [7, 11) is -3.61. The van der Waals surface area contributed by atoms with Gasteiger partial charge in [0, 0.05) is 13.1 Å². The van der Waals surface area contributed by atoms with Crippen LogP contribution in [-0.2, 0) is 21.2 Å². The summed E-state index contributed by atoms with van der Waals surface area (Å²) in [4.78, 5) is 15.3. The van der Waals surface area contributed by atoms with E-state index in [4.69, 9.17) is 0 Å². The van der Waals surface area contributed by atoms with E-state index in [0.717, 1.165) is 30.4 Å². The lowest BCUT2D eigenvalue weighted by Crippen LogP contribution is -2.52. The Bertz CT molecular complexity index is 976. The van der Waals surface area contributed by atoms with Gasteiger partial charge in [-0.05, 0) is 74.3 Å². The van der Waals surface area contributed by atoms with E-state index in [0.29, 0.717) is 31.1 Å². The first kappa shape index (κ1) is 23.3. The van der Waals surface area contributed by atoms with Gasteiger partial charge >= 0.3 is 0 Å². The van der Waals surface area contributed by atoms with E-state index in [1.807, 2.05) is 49.9 Å². The fourth-order valence-electron chi connectivity index (χ4n) is 4.64. The van der Waals surface area contributed by atoms with Crippen LogP contribution >= 0.6 is 0 Å². The molecule has 1 saturated heterocycles. The molecule has 2 aromatic rings. The number of hydrogen-bond donors (Lipinski definition) is 0. The number of carbonyl (C=O) groups is 1. The van der Waals surface area contributed by atoms with Crippen molar-refractivity contribution in [2.45, 2.75) is 52.5 Å².